The van der Waals surface area contributed by atoms with Crippen molar-refractivity contribution in [1.29, 1.82) is 0 Å². The van der Waals surface area contributed by atoms with E-state index in [4.69, 9.17) is 9.47 Å². The minimum atomic E-state index is -0.571. The number of ether oxygens (including phenoxy) is 2. The van der Waals surface area contributed by atoms with E-state index in [-0.39, 0.29) is 18.6 Å². The zero-order valence-electron chi connectivity index (χ0n) is 12.0. The molecule has 1 aromatic rings. The van der Waals surface area contributed by atoms with Gasteiger partial charge in [-0.3, -0.25) is 9.59 Å². The molecule has 21 heavy (non-hydrogen) atoms. The fraction of sp³-hybridized carbons (Fsp3) is 0.333. The van der Waals surface area contributed by atoms with Gasteiger partial charge in [0.25, 0.3) is 0 Å². The van der Waals surface area contributed by atoms with Crippen LogP contribution in [0.3, 0.4) is 0 Å². The van der Waals surface area contributed by atoms with Crippen molar-refractivity contribution >= 4 is 17.9 Å². The average molecular weight is 290 g/mol. The Kier molecular flexibility index (Phi) is 4.81. The van der Waals surface area contributed by atoms with Gasteiger partial charge < -0.3 is 20.1 Å². The first kappa shape index (κ1) is 14.9. The highest BCUT2D eigenvalue weighted by Gasteiger charge is 2.14. The molecular weight excluding hydrogens is 272 g/mol. The second-order valence-electron chi connectivity index (χ2n) is 4.57. The van der Waals surface area contributed by atoms with E-state index in [1.165, 1.54) is 6.08 Å². The lowest BCUT2D eigenvalue weighted by atomic mass is 10.2. The highest BCUT2D eigenvalue weighted by Crippen LogP contribution is 2.32. The second-order valence-corrected chi connectivity index (χ2v) is 4.57. The first-order valence-corrected chi connectivity index (χ1v) is 6.76. The molecule has 6 heteroatoms. The summed E-state index contributed by atoms with van der Waals surface area (Å²) in [6.07, 6.45) is 3.04. The zero-order valence-corrected chi connectivity index (χ0v) is 12.0. The summed E-state index contributed by atoms with van der Waals surface area (Å²) in [4.78, 5) is 23.2. The number of benzene rings is 1. The van der Waals surface area contributed by atoms with Gasteiger partial charge in [0.1, 0.15) is 6.04 Å². The van der Waals surface area contributed by atoms with E-state index in [2.05, 4.69) is 10.6 Å². The van der Waals surface area contributed by atoms with Crippen LogP contribution in [-0.2, 0) is 9.59 Å². The number of rotatable bonds is 5. The van der Waals surface area contributed by atoms with Gasteiger partial charge in [-0.1, -0.05) is 6.07 Å². The first-order chi connectivity index (χ1) is 10.1. The third-order valence-electron chi connectivity index (χ3n) is 2.93. The van der Waals surface area contributed by atoms with Gasteiger partial charge >= 0.3 is 0 Å². The number of carbonyl (C=O) groups excluding carboxylic acids is 2. The minimum Gasteiger partial charge on any atom is -0.454 e. The van der Waals surface area contributed by atoms with E-state index >= 15 is 0 Å². The smallest absolute Gasteiger partial charge is 0.244 e. The highest BCUT2D eigenvalue weighted by atomic mass is 16.7. The van der Waals surface area contributed by atoms with Gasteiger partial charge in [-0.2, -0.15) is 0 Å². The molecule has 0 spiro atoms. The second kappa shape index (κ2) is 6.78. The molecule has 0 aromatic heterocycles. The molecule has 1 aliphatic heterocycles. The predicted molar refractivity (Wildman–Crippen MR) is 77.9 cm³/mol. The molecule has 0 aliphatic carbocycles. The summed E-state index contributed by atoms with van der Waals surface area (Å²) in [5, 5.41) is 5.24. The lowest BCUT2D eigenvalue weighted by Crippen LogP contribution is -2.44. The van der Waals surface area contributed by atoms with Gasteiger partial charge in [0.05, 0.1) is 0 Å². The Morgan fingerprint density at radius 2 is 2.10 bits per heavy atom. The standard InChI is InChI=1S/C15H18N2O4/c1-3-16-15(19)10(2)17-14(18)7-5-11-4-6-12-13(8-11)21-9-20-12/h4-8,10H,3,9H2,1-2H3,(H,16,19)(H,17,18)/b7-5+/t10-/m0/s1. The molecule has 0 saturated carbocycles. The number of likely N-dealkylation sites (N-methyl/N-ethyl adjacent to an activating group) is 1. The van der Waals surface area contributed by atoms with Crippen molar-refractivity contribution in [1.82, 2.24) is 10.6 Å². The van der Waals surface area contributed by atoms with Crippen molar-refractivity contribution in [3.8, 4) is 11.5 Å². The molecular formula is C15H18N2O4. The SMILES string of the molecule is CCNC(=O)[C@H](C)NC(=O)/C=C/c1ccc2c(c1)OCO2. The van der Waals surface area contributed by atoms with Crippen molar-refractivity contribution in [2.45, 2.75) is 19.9 Å². The number of amides is 2. The first-order valence-electron chi connectivity index (χ1n) is 6.76. The fourth-order valence-corrected chi connectivity index (χ4v) is 1.84. The molecule has 2 rings (SSSR count). The maximum absolute atomic E-state index is 11.7. The third kappa shape index (κ3) is 3.98. The molecule has 1 heterocycles. The van der Waals surface area contributed by atoms with Crippen molar-refractivity contribution in [3.05, 3.63) is 29.8 Å². The summed E-state index contributed by atoms with van der Waals surface area (Å²) in [5.74, 6) is 0.823. The Labute approximate surface area is 123 Å². The molecule has 1 aliphatic rings. The lowest BCUT2D eigenvalue weighted by Gasteiger charge is -2.11. The quantitative estimate of drug-likeness (QED) is 0.795. The summed E-state index contributed by atoms with van der Waals surface area (Å²) in [7, 11) is 0. The Hall–Kier alpha value is -2.50. The largest absolute Gasteiger partial charge is 0.454 e. The molecule has 2 N–H and O–H groups in total. The zero-order chi connectivity index (χ0) is 15.2. The predicted octanol–water partition coefficient (Wildman–Crippen LogP) is 1.07. The van der Waals surface area contributed by atoms with Crippen LogP contribution in [0.4, 0.5) is 0 Å². The summed E-state index contributed by atoms with van der Waals surface area (Å²) in [5.41, 5.74) is 0.820. The van der Waals surface area contributed by atoms with Gasteiger partial charge in [-0.25, -0.2) is 0 Å². The molecule has 0 bridgehead atoms. The van der Waals surface area contributed by atoms with Gasteiger partial charge in [0.2, 0.25) is 18.6 Å². The van der Waals surface area contributed by atoms with E-state index in [1.54, 1.807) is 25.1 Å². The third-order valence-corrected chi connectivity index (χ3v) is 2.93. The number of fused-ring (bicyclic) bond motifs is 1. The molecule has 1 aromatic carbocycles. The van der Waals surface area contributed by atoms with Crippen molar-refractivity contribution in [2.24, 2.45) is 0 Å². The van der Waals surface area contributed by atoms with E-state index in [1.807, 2.05) is 13.0 Å². The van der Waals surface area contributed by atoms with Crippen LogP contribution in [0.5, 0.6) is 11.5 Å². The Morgan fingerprint density at radius 3 is 2.86 bits per heavy atom. The molecule has 0 unspecified atom stereocenters. The maximum atomic E-state index is 11.7. The van der Waals surface area contributed by atoms with Crippen molar-refractivity contribution < 1.29 is 19.1 Å². The molecule has 0 saturated heterocycles. The van der Waals surface area contributed by atoms with E-state index in [0.717, 1.165) is 5.56 Å². The van der Waals surface area contributed by atoms with Crippen LogP contribution in [0.2, 0.25) is 0 Å². The van der Waals surface area contributed by atoms with E-state index < -0.39 is 6.04 Å². The average Bonchev–Trinajstić information content (AvgIpc) is 2.92. The van der Waals surface area contributed by atoms with Crippen LogP contribution in [-0.4, -0.2) is 31.2 Å². The van der Waals surface area contributed by atoms with Crippen LogP contribution in [0.25, 0.3) is 6.08 Å². The van der Waals surface area contributed by atoms with Crippen molar-refractivity contribution in [3.63, 3.8) is 0 Å². The van der Waals surface area contributed by atoms with Gasteiger partial charge in [-0.15, -0.1) is 0 Å². The molecule has 112 valence electrons. The van der Waals surface area contributed by atoms with Gasteiger partial charge in [-0.05, 0) is 37.6 Å². The summed E-state index contributed by atoms with van der Waals surface area (Å²) in [6, 6.07) is 4.83. The number of hydrogen-bond donors (Lipinski definition) is 2. The van der Waals surface area contributed by atoms with E-state index in [0.29, 0.717) is 18.0 Å². The van der Waals surface area contributed by atoms with E-state index in [9.17, 15) is 9.59 Å². The van der Waals surface area contributed by atoms with Crippen LogP contribution >= 0.6 is 0 Å². The monoisotopic (exact) mass is 290 g/mol. The van der Waals surface area contributed by atoms with Crippen LogP contribution in [0.15, 0.2) is 24.3 Å². The number of hydrogen-bond acceptors (Lipinski definition) is 4. The highest BCUT2D eigenvalue weighted by molar-refractivity contribution is 5.95. The molecule has 6 nitrogen and oxygen atoms in total. The maximum Gasteiger partial charge on any atom is 0.244 e. The Balaban J connectivity index is 1.91. The van der Waals surface area contributed by atoms with Crippen LogP contribution in [0, 0.1) is 0 Å². The summed E-state index contributed by atoms with van der Waals surface area (Å²) >= 11 is 0. The van der Waals surface area contributed by atoms with Crippen LogP contribution < -0.4 is 20.1 Å². The Bertz CT molecular complexity index is 569. The summed E-state index contributed by atoms with van der Waals surface area (Å²) in [6.45, 7) is 4.21. The van der Waals surface area contributed by atoms with Crippen molar-refractivity contribution in [2.75, 3.05) is 13.3 Å². The molecule has 0 radical (unpaired) electrons. The normalized spacial score (nSPS) is 14.0. The van der Waals surface area contributed by atoms with Gasteiger partial charge in [0.15, 0.2) is 11.5 Å². The molecule has 0 fully saturated rings. The minimum absolute atomic E-state index is 0.206. The fourth-order valence-electron chi connectivity index (χ4n) is 1.84. The molecule has 2 amide bonds. The molecule has 1 atom stereocenters. The number of carbonyl (C=O) groups is 2. The lowest BCUT2D eigenvalue weighted by molar-refractivity contribution is -0.126. The Morgan fingerprint density at radius 1 is 1.33 bits per heavy atom. The van der Waals surface area contributed by atoms with Crippen LogP contribution in [0.1, 0.15) is 19.4 Å². The van der Waals surface area contributed by atoms with Gasteiger partial charge in [0, 0.05) is 12.6 Å². The summed E-state index contributed by atoms with van der Waals surface area (Å²) < 4.78 is 10.5. The number of nitrogens with one attached hydrogen (secondary N) is 2. The topological polar surface area (TPSA) is 76.7 Å².